The van der Waals surface area contributed by atoms with Crippen LogP contribution in [0.15, 0.2) is 28.7 Å². The molecule has 0 spiro atoms. The van der Waals surface area contributed by atoms with Gasteiger partial charge in [0.05, 0.1) is 0 Å². The molecule has 0 aliphatic rings. The lowest BCUT2D eigenvalue weighted by molar-refractivity contribution is -0.137. The summed E-state index contributed by atoms with van der Waals surface area (Å²) in [5.74, 6) is -0.516. The largest absolute Gasteiger partial charge is 0.481 e. The third kappa shape index (κ3) is 6.24. The standard InChI is InChI=1S/C13H16BrNO4/c1-9(13(18)15-8-2-3-12(16)17)19-11-6-4-10(14)5-7-11/h4-7,9H,2-3,8H2,1H3,(H,15,18)(H,16,17). The smallest absolute Gasteiger partial charge is 0.303 e. The number of carboxylic acids is 1. The van der Waals surface area contributed by atoms with Crippen LogP contribution in [0, 0.1) is 0 Å². The van der Waals surface area contributed by atoms with Crippen molar-refractivity contribution >= 4 is 27.8 Å². The van der Waals surface area contributed by atoms with E-state index in [1.807, 2.05) is 12.1 Å². The third-order valence-corrected chi connectivity index (χ3v) is 2.89. The van der Waals surface area contributed by atoms with Gasteiger partial charge in [-0.05, 0) is 37.6 Å². The Labute approximate surface area is 120 Å². The van der Waals surface area contributed by atoms with E-state index in [2.05, 4.69) is 21.2 Å². The van der Waals surface area contributed by atoms with Gasteiger partial charge in [0.15, 0.2) is 6.10 Å². The number of hydrogen-bond donors (Lipinski definition) is 2. The van der Waals surface area contributed by atoms with Crippen LogP contribution in [0.25, 0.3) is 0 Å². The van der Waals surface area contributed by atoms with Gasteiger partial charge in [0.25, 0.3) is 5.91 Å². The summed E-state index contributed by atoms with van der Waals surface area (Å²) in [4.78, 5) is 22.0. The fraction of sp³-hybridized carbons (Fsp3) is 0.385. The summed E-state index contributed by atoms with van der Waals surface area (Å²) in [7, 11) is 0. The van der Waals surface area contributed by atoms with Gasteiger partial charge in [-0.2, -0.15) is 0 Å². The van der Waals surface area contributed by atoms with E-state index in [1.165, 1.54) is 0 Å². The molecule has 2 N–H and O–H groups in total. The highest BCUT2D eigenvalue weighted by molar-refractivity contribution is 9.10. The second-order valence-corrected chi connectivity index (χ2v) is 4.92. The van der Waals surface area contributed by atoms with E-state index in [9.17, 15) is 9.59 Å². The lowest BCUT2D eigenvalue weighted by Crippen LogP contribution is -2.36. The average Bonchev–Trinajstić information content (AvgIpc) is 2.36. The van der Waals surface area contributed by atoms with Gasteiger partial charge < -0.3 is 15.2 Å². The summed E-state index contributed by atoms with van der Waals surface area (Å²) in [5.41, 5.74) is 0. The van der Waals surface area contributed by atoms with Crippen LogP contribution in [0.1, 0.15) is 19.8 Å². The van der Waals surface area contributed by atoms with Crippen molar-refractivity contribution in [3.63, 3.8) is 0 Å². The average molecular weight is 330 g/mol. The van der Waals surface area contributed by atoms with Gasteiger partial charge in [0.1, 0.15) is 5.75 Å². The molecule has 1 rings (SSSR count). The van der Waals surface area contributed by atoms with E-state index >= 15 is 0 Å². The van der Waals surface area contributed by atoms with E-state index < -0.39 is 12.1 Å². The monoisotopic (exact) mass is 329 g/mol. The molecule has 5 nitrogen and oxygen atoms in total. The fourth-order valence-electron chi connectivity index (χ4n) is 1.37. The topological polar surface area (TPSA) is 75.6 Å². The Balaban J connectivity index is 2.32. The zero-order chi connectivity index (χ0) is 14.3. The lowest BCUT2D eigenvalue weighted by atomic mass is 10.3. The molecule has 0 aliphatic heterocycles. The molecule has 0 saturated heterocycles. The molecule has 1 aromatic carbocycles. The van der Waals surface area contributed by atoms with E-state index in [4.69, 9.17) is 9.84 Å². The van der Waals surface area contributed by atoms with Crippen LogP contribution >= 0.6 is 15.9 Å². The first kappa shape index (κ1) is 15.5. The van der Waals surface area contributed by atoms with Crippen LogP contribution in [0.4, 0.5) is 0 Å². The van der Waals surface area contributed by atoms with Crippen LogP contribution in [0.3, 0.4) is 0 Å². The molecule has 6 heteroatoms. The molecule has 1 atom stereocenters. The Morgan fingerprint density at radius 2 is 2.00 bits per heavy atom. The molecule has 19 heavy (non-hydrogen) atoms. The molecular formula is C13H16BrNO4. The third-order valence-electron chi connectivity index (χ3n) is 2.36. The molecule has 0 aromatic heterocycles. The minimum atomic E-state index is -0.867. The van der Waals surface area contributed by atoms with Crippen molar-refractivity contribution in [1.29, 1.82) is 0 Å². The molecule has 0 radical (unpaired) electrons. The van der Waals surface area contributed by atoms with Crippen molar-refractivity contribution in [3.05, 3.63) is 28.7 Å². The van der Waals surface area contributed by atoms with E-state index in [0.717, 1.165) is 4.47 Å². The first-order valence-corrected chi connectivity index (χ1v) is 6.70. The van der Waals surface area contributed by atoms with Crippen LogP contribution in [0.5, 0.6) is 5.75 Å². The Bertz CT molecular complexity index is 433. The number of halogens is 1. The van der Waals surface area contributed by atoms with Gasteiger partial charge in [0, 0.05) is 17.4 Å². The van der Waals surface area contributed by atoms with Gasteiger partial charge in [-0.25, -0.2) is 0 Å². The second-order valence-electron chi connectivity index (χ2n) is 4.00. The minimum Gasteiger partial charge on any atom is -0.481 e. The number of hydrogen-bond acceptors (Lipinski definition) is 3. The van der Waals surface area contributed by atoms with Crippen molar-refractivity contribution in [3.8, 4) is 5.75 Å². The first-order chi connectivity index (χ1) is 8.99. The maximum absolute atomic E-state index is 11.7. The van der Waals surface area contributed by atoms with Crippen molar-refractivity contribution in [2.75, 3.05) is 6.54 Å². The number of carboxylic acid groups (broad SMARTS) is 1. The molecule has 0 saturated carbocycles. The Kier molecular flexibility index (Phi) is 6.35. The van der Waals surface area contributed by atoms with Crippen molar-refractivity contribution in [2.45, 2.75) is 25.9 Å². The summed E-state index contributed by atoms with van der Waals surface area (Å²) >= 11 is 3.31. The normalized spacial score (nSPS) is 11.7. The number of benzene rings is 1. The molecule has 0 aliphatic carbocycles. The number of ether oxygens (including phenoxy) is 1. The summed E-state index contributed by atoms with van der Waals surface area (Å²) < 4.78 is 6.40. The summed E-state index contributed by atoms with van der Waals surface area (Å²) in [6.07, 6.45) is -0.167. The quantitative estimate of drug-likeness (QED) is 0.752. The summed E-state index contributed by atoms with van der Waals surface area (Å²) in [6.45, 7) is 1.98. The summed E-state index contributed by atoms with van der Waals surface area (Å²) in [6, 6.07) is 7.18. The van der Waals surface area contributed by atoms with E-state index in [-0.39, 0.29) is 12.3 Å². The number of rotatable bonds is 7. The molecule has 1 aromatic rings. The molecule has 0 fully saturated rings. The molecule has 1 unspecified atom stereocenters. The second kappa shape index (κ2) is 7.78. The van der Waals surface area contributed by atoms with Crippen LogP contribution < -0.4 is 10.1 Å². The Morgan fingerprint density at radius 1 is 1.37 bits per heavy atom. The number of amides is 1. The van der Waals surface area contributed by atoms with Crippen molar-refractivity contribution < 1.29 is 19.4 Å². The van der Waals surface area contributed by atoms with Crippen LogP contribution in [-0.4, -0.2) is 29.6 Å². The predicted octanol–water partition coefficient (Wildman–Crippen LogP) is 2.20. The highest BCUT2D eigenvalue weighted by atomic mass is 79.9. The number of carbonyl (C=O) groups is 2. The molecule has 1 amide bonds. The minimum absolute atomic E-state index is 0.0439. The fourth-order valence-corrected chi connectivity index (χ4v) is 1.63. The van der Waals surface area contributed by atoms with Gasteiger partial charge >= 0.3 is 5.97 Å². The Hall–Kier alpha value is -1.56. The zero-order valence-electron chi connectivity index (χ0n) is 10.6. The summed E-state index contributed by atoms with van der Waals surface area (Å²) in [5, 5.41) is 11.1. The van der Waals surface area contributed by atoms with Gasteiger partial charge in [0.2, 0.25) is 0 Å². The number of nitrogens with one attached hydrogen (secondary N) is 1. The lowest BCUT2D eigenvalue weighted by Gasteiger charge is -2.14. The zero-order valence-corrected chi connectivity index (χ0v) is 12.1. The van der Waals surface area contributed by atoms with Crippen molar-refractivity contribution in [1.82, 2.24) is 5.32 Å². The first-order valence-electron chi connectivity index (χ1n) is 5.91. The maximum Gasteiger partial charge on any atom is 0.303 e. The van der Waals surface area contributed by atoms with Crippen LogP contribution in [0.2, 0.25) is 0 Å². The highest BCUT2D eigenvalue weighted by Gasteiger charge is 2.13. The highest BCUT2D eigenvalue weighted by Crippen LogP contribution is 2.17. The molecular weight excluding hydrogens is 314 g/mol. The van der Waals surface area contributed by atoms with Gasteiger partial charge in [-0.15, -0.1) is 0 Å². The molecule has 0 bridgehead atoms. The Morgan fingerprint density at radius 3 is 2.58 bits per heavy atom. The van der Waals surface area contributed by atoms with Gasteiger partial charge in [-0.3, -0.25) is 9.59 Å². The number of aliphatic carboxylic acids is 1. The van der Waals surface area contributed by atoms with Crippen molar-refractivity contribution in [2.24, 2.45) is 0 Å². The van der Waals surface area contributed by atoms with E-state index in [1.54, 1.807) is 19.1 Å². The predicted molar refractivity (Wildman–Crippen MR) is 74.1 cm³/mol. The SMILES string of the molecule is CC(Oc1ccc(Br)cc1)C(=O)NCCCC(=O)O. The van der Waals surface area contributed by atoms with Gasteiger partial charge in [-0.1, -0.05) is 15.9 Å². The maximum atomic E-state index is 11.7. The number of carbonyl (C=O) groups excluding carboxylic acids is 1. The molecule has 104 valence electrons. The van der Waals surface area contributed by atoms with E-state index in [0.29, 0.717) is 18.7 Å². The van der Waals surface area contributed by atoms with Crippen LogP contribution in [-0.2, 0) is 9.59 Å². The molecule has 0 heterocycles.